The zero-order valence-corrected chi connectivity index (χ0v) is 10.8. The van der Waals surface area contributed by atoms with E-state index in [0.29, 0.717) is 11.8 Å². The zero-order chi connectivity index (χ0) is 12.2. The molecule has 1 atom stereocenters. The van der Waals surface area contributed by atoms with Crippen molar-refractivity contribution in [2.24, 2.45) is 0 Å². The lowest BCUT2D eigenvalue weighted by Gasteiger charge is -2.24. The number of hydrogen-bond donors (Lipinski definition) is 1. The summed E-state index contributed by atoms with van der Waals surface area (Å²) in [5, 5.41) is 3.43. The van der Waals surface area contributed by atoms with Gasteiger partial charge in [0.05, 0.1) is 0 Å². The molecule has 0 amide bonds. The van der Waals surface area contributed by atoms with Crippen molar-refractivity contribution in [3.8, 4) is 0 Å². The molecule has 3 heterocycles. The zero-order valence-electron chi connectivity index (χ0n) is 10.8. The van der Waals surface area contributed by atoms with Crippen LogP contribution < -0.4 is 5.32 Å². The molecule has 0 radical (unpaired) electrons. The molecule has 2 fully saturated rings. The molecule has 0 bridgehead atoms. The molecule has 0 saturated carbocycles. The summed E-state index contributed by atoms with van der Waals surface area (Å²) >= 11 is 0. The molecule has 3 rings (SSSR count). The van der Waals surface area contributed by atoms with Gasteiger partial charge >= 0.3 is 0 Å². The van der Waals surface area contributed by atoms with Crippen LogP contribution in [0.2, 0.25) is 0 Å². The Morgan fingerprint density at radius 3 is 2.83 bits per heavy atom. The van der Waals surface area contributed by atoms with Gasteiger partial charge < -0.3 is 10.1 Å². The van der Waals surface area contributed by atoms with Crippen molar-refractivity contribution in [2.75, 3.05) is 26.3 Å². The van der Waals surface area contributed by atoms with Crippen molar-refractivity contribution >= 4 is 0 Å². The van der Waals surface area contributed by atoms with Crippen LogP contribution in [0.5, 0.6) is 0 Å². The van der Waals surface area contributed by atoms with Crippen LogP contribution in [0, 0.1) is 0 Å². The number of nitrogens with zero attached hydrogens (tertiary/aromatic N) is 2. The monoisotopic (exact) mass is 247 g/mol. The van der Waals surface area contributed by atoms with Crippen molar-refractivity contribution in [2.45, 2.75) is 37.5 Å². The Morgan fingerprint density at radius 2 is 2.06 bits per heavy atom. The Morgan fingerprint density at radius 1 is 1.17 bits per heavy atom. The number of nitrogens with one attached hydrogen (secondary N) is 1. The van der Waals surface area contributed by atoms with Crippen LogP contribution in [-0.4, -0.2) is 36.3 Å². The highest BCUT2D eigenvalue weighted by Crippen LogP contribution is 2.27. The van der Waals surface area contributed by atoms with E-state index in [9.17, 15) is 0 Å². The van der Waals surface area contributed by atoms with E-state index in [1.807, 2.05) is 6.20 Å². The first-order valence-electron chi connectivity index (χ1n) is 7.05. The third-order valence-electron chi connectivity index (χ3n) is 4.00. The number of ether oxygens (including phenoxy) is 1. The van der Waals surface area contributed by atoms with Gasteiger partial charge in [-0.2, -0.15) is 0 Å². The quantitative estimate of drug-likeness (QED) is 0.866. The average Bonchev–Trinajstić information content (AvgIpc) is 2.49. The van der Waals surface area contributed by atoms with Crippen molar-refractivity contribution in [1.29, 1.82) is 0 Å². The maximum Gasteiger partial charge on any atom is 0.132 e. The van der Waals surface area contributed by atoms with E-state index in [1.54, 1.807) is 0 Å². The highest BCUT2D eigenvalue weighted by Gasteiger charge is 2.21. The SMILES string of the molecule is c1cc(C2CCOCC2)nc(C2CCCNC2)n1. The topological polar surface area (TPSA) is 47.0 Å². The van der Waals surface area contributed by atoms with Gasteiger partial charge in [-0.1, -0.05) is 0 Å². The summed E-state index contributed by atoms with van der Waals surface area (Å²) in [4.78, 5) is 9.29. The van der Waals surface area contributed by atoms with Crippen molar-refractivity contribution < 1.29 is 4.74 Å². The predicted octanol–water partition coefficient (Wildman–Crippen LogP) is 1.84. The first kappa shape index (κ1) is 12.1. The lowest BCUT2D eigenvalue weighted by Crippen LogP contribution is -2.29. The molecule has 18 heavy (non-hydrogen) atoms. The molecule has 1 unspecified atom stereocenters. The molecule has 1 aromatic rings. The summed E-state index contributed by atoms with van der Waals surface area (Å²) in [5.74, 6) is 2.10. The first-order valence-corrected chi connectivity index (χ1v) is 7.05. The minimum Gasteiger partial charge on any atom is -0.381 e. The maximum atomic E-state index is 5.41. The normalized spacial score (nSPS) is 26.1. The summed E-state index contributed by atoms with van der Waals surface area (Å²) < 4.78 is 5.41. The molecule has 2 aliphatic heterocycles. The summed E-state index contributed by atoms with van der Waals surface area (Å²) in [7, 11) is 0. The van der Waals surface area contributed by atoms with Crippen LogP contribution in [-0.2, 0) is 4.74 Å². The molecule has 0 spiro atoms. The maximum absolute atomic E-state index is 5.41. The Hall–Kier alpha value is -1.00. The summed E-state index contributed by atoms with van der Waals surface area (Å²) in [6.45, 7) is 3.90. The molecular formula is C14H21N3O. The van der Waals surface area contributed by atoms with Gasteiger partial charge in [-0.25, -0.2) is 9.97 Å². The summed E-state index contributed by atoms with van der Waals surface area (Å²) in [6, 6.07) is 2.08. The minimum absolute atomic E-state index is 0.499. The van der Waals surface area contributed by atoms with E-state index < -0.39 is 0 Å². The highest BCUT2D eigenvalue weighted by molar-refractivity contribution is 5.12. The van der Waals surface area contributed by atoms with Crippen molar-refractivity contribution in [1.82, 2.24) is 15.3 Å². The molecular weight excluding hydrogens is 226 g/mol. The Bertz CT molecular complexity index is 351. The van der Waals surface area contributed by atoms with Gasteiger partial charge in [0.2, 0.25) is 0 Å². The number of piperidine rings is 1. The molecule has 2 aliphatic rings. The standard InChI is InChI=1S/C14H21N3O/c1-2-12(10-15-6-1)14-16-7-3-13(17-14)11-4-8-18-9-5-11/h3,7,11-12,15H,1-2,4-6,8-10H2. The highest BCUT2D eigenvalue weighted by atomic mass is 16.5. The molecule has 0 aromatic carbocycles. The van der Waals surface area contributed by atoms with Crippen LogP contribution in [0.15, 0.2) is 12.3 Å². The molecule has 1 aromatic heterocycles. The number of hydrogen-bond acceptors (Lipinski definition) is 4. The Kier molecular flexibility index (Phi) is 3.86. The van der Waals surface area contributed by atoms with Crippen molar-refractivity contribution in [3.05, 3.63) is 23.8 Å². The van der Waals surface area contributed by atoms with Crippen molar-refractivity contribution in [3.63, 3.8) is 0 Å². The van der Waals surface area contributed by atoms with Crippen LogP contribution in [0.4, 0.5) is 0 Å². The second-order valence-corrected chi connectivity index (χ2v) is 5.27. The first-order chi connectivity index (χ1) is 8.93. The summed E-state index contributed by atoms with van der Waals surface area (Å²) in [5.41, 5.74) is 1.22. The second-order valence-electron chi connectivity index (χ2n) is 5.27. The lowest BCUT2D eigenvalue weighted by molar-refractivity contribution is 0.0844. The number of aromatic nitrogens is 2. The van der Waals surface area contributed by atoms with Gasteiger partial charge in [-0.05, 0) is 38.3 Å². The largest absolute Gasteiger partial charge is 0.381 e. The third-order valence-corrected chi connectivity index (χ3v) is 4.00. The fourth-order valence-corrected chi connectivity index (χ4v) is 2.88. The molecule has 0 aliphatic carbocycles. The lowest BCUT2D eigenvalue weighted by atomic mass is 9.95. The van der Waals surface area contributed by atoms with Gasteiger partial charge in [0, 0.05) is 43.5 Å². The van der Waals surface area contributed by atoms with Crippen LogP contribution in [0.1, 0.15) is 49.0 Å². The van der Waals surface area contributed by atoms with E-state index in [-0.39, 0.29) is 0 Å². The minimum atomic E-state index is 0.499. The molecule has 1 N–H and O–H groups in total. The second kappa shape index (κ2) is 5.76. The third kappa shape index (κ3) is 2.70. The fourth-order valence-electron chi connectivity index (χ4n) is 2.88. The van der Waals surface area contributed by atoms with Crippen LogP contribution in [0.25, 0.3) is 0 Å². The van der Waals surface area contributed by atoms with Gasteiger partial charge in [0.25, 0.3) is 0 Å². The Labute approximate surface area is 108 Å². The number of rotatable bonds is 2. The van der Waals surface area contributed by atoms with E-state index >= 15 is 0 Å². The van der Waals surface area contributed by atoms with Crippen LogP contribution in [0.3, 0.4) is 0 Å². The van der Waals surface area contributed by atoms with E-state index in [4.69, 9.17) is 9.72 Å². The van der Waals surface area contributed by atoms with E-state index in [2.05, 4.69) is 16.4 Å². The van der Waals surface area contributed by atoms with Gasteiger partial charge in [-0.3, -0.25) is 0 Å². The van der Waals surface area contributed by atoms with E-state index in [0.717, 1.165) is 45.0 Å². The Balaban J connectivity index is 1.75. The fraction of sp³-hybridized carbons (Fsp3) is 0.714. The van der Waals surface area contributed by atoms with Crippen LogP contribution >= 0.6 is 0 Å². The van der Waals surface area contributed by atoms with Gasteiger partial charge in [0.1, 0.15) is 5.82 Å². The van der Waals surface area contributed by atoms with E-state index in [1.165, 1.54) is 18.5 Å². The van der Waals surface area contributed by atoms with Gasteiger partial charge in [-0.15, -0.1) is 0 Å². The predicted molar refractivity (Wildman–Crippen MR) is 69.7 cm³/mol. The smallest absolute Gasteiger partial charge is 0.132 e. The molecule has 98 valence electrons. The molecule has 2 saturated heterocycles. The molecule has 4 heteroatoms. The average molecular weight is 247 g/mol. The van der Waals surface area contributed by atoms with Gasteiger partial charge in [0.15, 0.2) is 0 Å². The molecule has 4 nitrogen and oxygen atoms in total. The summed E-state index contributed by atoms with van der Waals surface area (Å²) in [6.07, 6.45) is 6.57.